The van der Waals surface area contributed by atoms with Gasteiger partial charge in [0.05, 0.1) is 7.29 Å². The average molecular weight is 203 g/mol. The summed E-state index contributed by atoms with van der Waals surface area (Å²) in [6.45, 7) is 4.49. The number of hydrogen-bond acceptors (Lipinski definition) is 0. The van der Waals surface area contributed by atoms with Crippen LogP contribution in [0.3, 0.4) is 0 Å². The predicted molar refractivity (Wildman–Crippen MR) is 54.5 cm³/mol. The van der Waals surface area contributed by atoms with Crippen LogP contribution in [-0.4, -0.2) is 0 Å². The molecule has 0 aromatic rings. The highest BCUT2D eigenvalue weighted by atomic mass is 35.9. The quantitative estimate of drug-likeness (QED) is 0.448. The second-order valence-electron chi connectivity index (χ2n) is 2.13. The molecule has 0 aromatic carbocycles. The van der Waals surface area contributed by atoms with Gasteiger partial charge < -0.3 is 0 Å². The van der Waals surface area contributed by atoms with Gasteiger partial charge in [0.1, 0.15) is 0 Å². The van der Waals surface area contributed by atoms with Gasteiger partial charge in [-0.3, -0.25) is 0 Å². The second-order valence-corrected chi connectivity index (χ2v) is 3.99. The van der Waals surface area contributed by atoms with Gasteiger partial charge in [-0.15, -0.1) is 0 Å². The fourth-order valence-electron chi connectivity index (χ4n) is 0.677. The first kappa shape index (κ1) is 13.6. The Morgan fingerprint density at radius 1 is 0.900 bits per heavy atom. The Morgan fingerprint density at radius 2 is 1.20 bits per heavy atom. The van der Waals surface area contributed by atoms with E-state index in [2.05, 4.69) is 13.8 Å². The van der Waals surface area contributed by atoms with E-state index in [-0.39, 0.29) is 7.29 Å². The molecule has 0 atom stereocenters. The summed E-state index contributed by atoms with van der Waals surface area (Å²) in [6, 6.07) is 0. The molecule has 10 heavy (non-hydrogen) atoms. The van der Waals surface area contributed by atoms with Crippen LogP contribution in [0.2, 0.25) is 0 Å². The molecule has 0 rings (SSSR count). The van der Waals surface area contributed by atoms with Gasteiger partial charge in [-0.05, 0) is 0 Å². The van der Waals surface area contributed by atoms with Crippen molar-refractivity contribution in [1.29, 1.82) is 0 Å². The lowest BCUT2D eigenvalue weighted by Gasteiger charge is -1.90. The number of halogens is 2. The Labute approximate surface area is 76.0 Å². The van der Waals surface area contributed by atoms with Gasteiger partial charge >= 0.3 is 0 Å². The van der Waals surface area contributed by atoms with E-state index in [0.29, 0.717) is 0 Å². The Morgan fingerprint density at radius 3 is 1.40 bits per heavy atom. The average Bonchev–Trinajstić information content (AvgIpc) is 1.91. The van der Waals surface area contributed by atoms with Crippen molar-refractivity contribution in [3.63, 3.8) is 0 Å². The fourth-order valence-corrected chi connectivity index (χ4v) is 0.677. The molecule has 0 aliphatic heterocycles. The number of hydrogen-bond donors (Lipinski definition) is 0. The number of unbranched alkanes of at least 4 members (excludes halogenated alkanes) is 4. The summed E-state index contributed by atoms with van der Waals surface area (Å²) in [7, 11) is 0.0278. The first-order valence-corrected chi connectivity index (χ1v) is 6.82. The van der Waals surface area contributed by atoms with Crippen LogP contribution in [0.1, 0.15) is 46.0 Å². The van der Waals surface area contributed by atoms with Crippen LogP contribution in [0, 0.1) is 0 Å². The Hall–Kier alpha value is 1.01. The Balaban J connectivity index is 0. The molecule has 0 N–H and O–H groups in total. The lowest BCUT2D eigenvalue weighted by molar-refractivity contribution is 0.656. The molecule has 0 aliphatic rings. The summed E-state index contributed by atoms with van der Waals surface area (Å²) in [6.07, 6.45) is 7.01. The summed E-state index contributed by atoms with van der Waals surface area (Å²) >= 11 is 9.58. The molecule has 0 aliphatic carbocycles. The highest BCUT2D eigenvalue weighted by Gasteiger charge is 1.80. The normalized spacial score (nSPS) is 8.40. The Kier molecular flexibility index (Phi) is 22.5. The van der Waals surface area contributed by atoms with Gasteiger partial charge in [0.2, 0.25) is 0 Å². The summed E-state index contributed by atoms with van der Waals surface area (Å²) in [5, 5.41) is 0. The fraction of sp³-hybridized carbons (Fsp3) is 1.00. The van der Waals surface area contributed by atoms with Crippen molar-refractivity contribution in [2.45, 2.75) is 46.0 Å². The monoisotopic (exact) mass is 202 g/mol. The van der Waals surface area contributed by atoms with E-state index >= 15 is 0 Å². The molecule has 3 heteroatoms. The van der Waals surface area contributed by atoms with Crippen LogP contribution in [0.15, 0.2) is 0 Å². The molecule has 64 valence electrons. The molecule has 0 unspecified atom stereocenters. The van der Waals surface area contributed by atoms with E-state index < -0.39 is 0 Å². The van der Waals surface area contributed by atoms with E-state index in [1.54, 1.807) is 0 Å². The molecule has 0 nitrogen and oxygen atoms in total. The van der Waals surface area contributed by atoms with Gasteiger partial charge in [0.25, 0.3) is 0 Å². The summed E-state index contributed by atoms with van der Waals surface area (Å²) in [5.41, 5.74) is 0. The Bertz CT molecular complexity index is 38.6. The molecule has 0 amide bonds. The molecular weight excluding hydrogens is 186 g/mol. The molecule has 0 aromatic heterocycles. The molecule has 0 fully saturated rings. The third-order valence-electron chi connectivity index (χ3n) is 1.21. The van der Waals surface area contributed by atoms with Gasteiger partial charge in [0.15, 0.2) is 0 Å². The third-order valence-corrected chi connectivity index (χ3v) is 1.21. The van der Waals surface area contributed by atoms with E-state index in [1.807, 2.05) is 0 Å². The van der Waals surface area contributed by atoms with Crippen LogP contribution in [-0.2, 0) is 0 Å². The minimum absolute atomic E-state index is 0.0278. The zero-order valence-corrected chi connectivity index (χ0v) is 9.30. The van der Waals surface area contributed by atoms with Crippen LogP contribution < -0.4 is 0 Å². The maximum atomic E-state index is 4.79. The van der Waals surface area contributed by atoms with Crippen LogP contribution in [0.4, 0.5) is 0 Å². The van der Waals surface area contributed by atoms with E-state index in [9.17, 15) is 0 Å². The summed E-state index contributed by atoms with van der Waals surface area (Å²) in [4.78, 5) is 0. The second kappa shape index (κ2) is 16.5. The van der Waals surface area contributed by atoms with Crippen LogP contribution >= 0.6 is 29.8 Å². The lowest BCUT2D eigenvalue weighted by Crippen LogP contribution is -1.70. The summed E-state index contributed by atoms with van der Waals surface area (Å²) < 4.78 is 0. The van der Waals surface area contributed by atoms with Crippen molar-refractivity contribution in [2.24, 2.45) is 0 Å². The predicted octanol–water partition coefficient (Wildman–Crippen LogP) is 4.95. The summed E-state index contributed by atoms with van der Waals surface area (Å²) in [5.74, 6) is 0. The van der Waals surface area contributed by atoms with Crippen LogP contribution in [0.25, 0.3) is 0 Å². The first-order chi connectivity index (χ1) is 4.83. The van der Waals surface area contributed by atoms with E-state index in [4.69, 9.17) is 22.5 Å². The lowest BCUT2D eigenvalue weighted by atomic mass is 10.2. The van der Waals surface area contributed by atoms with Crippen molar-refractivity contribution >= 4 is 29.8 Å². The zero-order chi connectivity index (χ0) is 8.24. The van der Waals surface area contributed by atoms with E-state index in [1.165, 1.54) is 32.1 Å². The molecular formula is C7H17Cl2P. The SMILES string of the molecule is CCCCCCC.ClPCl. The maximum Gasteiger partial charge on any atom is 0.0713 e. The van der Waals surface area contributed by atoms with Gasteiger partial charge in [-0.25, -0.2) is 0 Å². The minimum Gasteiger partial charge on any atom is -0.0818 e. The smallest absolute Gasteiger partial charge is 0.0713 e. The van der Waals surface area contributed by atoms with Gasteiger partial charge in [0, 0.05) is 0 Å². The van der Waals surface area contributed by atoms with Gasteiger partial charge in [-0.1, -0.05) is 68.4 Å². The largest absolute Gasteiger partial charge is 0.0818 e. The van der Waals surface area contributed by atoms with Crippen molar-refractivity contribution < 1.29 is 0 Å². The van der Waals surface area contributed by atoms with Crippen molar-refractivity contribution in [3.8, 4) is 0 Å². The molecule has 0 saturated heterocycles. The molecule has 0 heterocycles. The van der Waals surface area contributed by atoms with Crippen molar-refractivity contribution in [1.82, 2.24) is 0 Å². The van der Waals surface area contributed by atoms with Crippen molar-refractivity contribution in [3.05, 3.63) is 0 Å². The standard InChI is InChI=1S/C7H16.Cl2HP/c1-3-5-7-6-4-2;1-3-2/h3-7H2,1-2H3;3H. The molecule has 0 saturated carbocycles. The number of rotatable bonds is 4. The molecule has 0 spiro atoms. The van der Waals surface area contributed by atoms with Crippen LogP contribution in [0.5, 0.6) is 0 Å². The van der Waals surface area contributed by atoms with Gasteiger partial charge in [-0.2, -0.15) is 0 Å². The minimum atomic E-state index is 0.0278. The third kappa shape index (κ3) is 23.0. The molecule has 0 radical (unpaired) electrons. The molecule has 0 bridgehead atoms. The van der Waals surface area contributed by atoms with Crippen molar-refractivity contribution in [2.75, 3.05) is 0 Å². The van der Waals surface area contributed by atoms with E-state index in [0.717, 1.165) is 0 Å². The zero-order valence-electron chi connectivity index (χ0n) is 6.79. The highest BCUT2D eigenvalue weighted by molar-refractivity contribution is 7.90. The highest BCUT2D eigenvalue weighted by Crippen LogP contribution is 2.19. The first-order valence-electron chi connectivity index (χ1n) is 3.79. The topological polar surface area (TPSA) is 0 Å². The maximum absolute atomic E-state index is 4.79.